The van der Waals surface area contributed by atoms with E-state index in [4.69, 9.17) is 18.0 Å². The number of pyridine rings is 1. The van der Waals surface area contributed by atoms with Crippen LogP contribution < -0.4 is 9.80 Å². The van der Waals surface area contributed by atoms with E-state index in [2.05, 4.69) is 10.9 Å². The van der Waals surface area contributed by atoms with Crippen molar-refractivity contribution in [2.24, 2.45) is 5.41 Å². The van der Waals surface area contributed by atoms with Gasteiger partial charge in [-0.2, -0.15) is 0 Å². The maximum absolute atomic E-state index is 13.5. The van der Waals surface area contributed by atoms with Crippen molar-refractivity contribution in [3.8, 4) is 12.3 Å². The van der Waals surface area contributed by atoms with Crippen LogP contribution in [0.5, 0.6) is 0 Å². The second-order valence-corrected chi connectivity index (χ2v) is 9.50. The zero-order chi connectivity index (χ0) is 22.9. The van der Waals surface area contributed by atoms with Crippen molar-refractivity contribution >= 4 is 35.1 Å². The van der Waals surface area contributed by atoms with Crippen molar-refractivity contribution in [2.75, 3.05) is 36.0 Å². The van der Waals surface area contributed by atoms with Crippen molar-refractivity contribution in [3.05, 3.63) is 17.3 Å². The van der Waals surface area contributed by atoms with Gasteiger partial charge in [-0.3, -0.25) is 9.69 Å². The largest absolute Gasteiger partial charge is 0.465 e. The van der Waals surface area contributed by atoms with E-state index in [0.717, 1.165) is 62.9 Å². The predicted molar refractivity (Wildman–Crippen MR) is 122 cm³/mol. The normalized spacial score (nSPS) is 28.1. The number of hydrogen-bond acceptors (Lipinski definition) is 5. The Balaban J connectivity index is 1.50. The fourth-order valence-electron chi connectivity index (χ4n) is 5.42. The summed E-state index contributed by atoms with van der Waals surface area (Å²) in [5.74, 6) is 3.10. The molecule has 2 saturated heterocycles. The molecule has 0 unspecified atom stereocenters. The standard InChI is InChI=1S/C23H29ClN4O4/c1-2-10-28(22(31)32)17-13-19(24)20(25-14-17)26-11-3-8-23(15-26)9-12-27(21(23)30)16-4-6-18(29)7-5-16/h1,13-14,16,18,29H,3-12,15H2,(H,31,32)/t16-,18+,23-/m1/s1. The Morgan fingerprint density at radius 3 is 2.72 bits per heavy atom. The molecule has 2 N–H and O–H groups in total. The fraction of sp³-hybridized carbons (Fsp3) is 0.609. The highest BCUT2D eigenvalue weighted by molar-refractivity contribution is 6.33. The van der Waals surface area contributed by atoms with E-state index in [9.17, 15) is 19.8 Å². The molecule has 3 heterocycles. The topological polar surface area (TPSA) is 97.2 Å². The first-order valence-electron chi connectivity index (χ1n) is 11.2. The number of anilines is 2. The summed E-state index contributed by atoms with van der Waals surface area (Å²) < 4.78 is 0. The molecule has 0 bridgehead atoms. The molecule has 3 aliphatic rings. The van der Waals surface area contributed by atoms with Crippen LogP contribution >= 0.6 is 11.6 Å². The minimum absolute atomic E-state index is 0.0952. The van der Waals surface area contributed by atoms with E-state index in [1.807, 2.05) is 9.80 Å². The predicted octanol–water partition coefficient (Wildman–Crippen LogP) is 2.98. The molecular formula is C23H29ClN4O4. The number of piperidine rings is 1. The van der Waals surface area contributed by atoms with E-state index in [0.29, 0.717) is 23.1 Å². The van der Waals surface area contributed by atoms with Crippen LogP contribution in [0, 0.1) is 17.8 Å². The quantitative estimate of drug-likeness (QED) is 0.670. The molecule has 9 heteroatoms. The number of carboxylic acid groups (broad SMARTS) is 1. The number of nitrogens with zero attached hydrogens (tertiary/aromatic N) is 4. The van der Waals surface area contributed by atoms with Crippen molar-refractivity contribution in [1.29, 1.82) is 0 Å². The highest BCUT2D eigenvalue weighted by Gasteiger charge is 2.51. The Bertz CT molecular complexity index is 927. The van der Waals surface area contributed by atoms with Crippen LogP contribution in [0.2, 0.25) is 5.02 Å². The van der Waals surface area contributed by atoms with E-state index in [1.165, 1.54) is 6.20 Å². The number of amides is 2. The minimum atomic E-state index is -1.17. The SMILES string of the molecule is C#CCN(C(=O)O)c1cnc(N2CCC[C@@]3(CCN([C@H]4CC[C@@H](O)CC4)C3=O)C2)c(Cl)c1. The average molecular weight is 461 g/mol. The Kier molecular flexibility index (Phi) is 6.50. The Labute approximate surface area is 193 Å². The molecule has 4 rings (SSSR count). The molecule has 1 saturated carbocycles. The van der Waals surface area contributed by atoms with Crippen LogP contribution in [-0.2, 0) is 4.79 Å². The molecular weight excluding hydrogens is 432 g/mol. The summed E-state index contributed by atoms with van der Waals surface area (Å²) in [5.41, 5.74) is -0.118. The zero-order valence-electron chi connectivity index (χ0n) is 18.0. The van der Waals surface area contributed by atoms with Gasteiger partial charge in [-0.05, 0) is 51.0 Å². The maximum Gasteiger partial charge on any atom is 0.412 e. The summed E-state index contributed by atoms with van der Waals surface area (Å²) in [6.45, 7) is 1.95. The third kappa shape index (κ3) is 4.24. The van der Waals surface area contributed by atoms with Gasteiger partial charge in [0.1, 0.15) is 5.82 Å². The van der Waals surface area contributed by atoms with Crippen molar-refractivity contribution in [1.82, 2.24) is 9.88 Å². The molecule has 1 aromatic heterocycles. The summed E-state index contributed by atoms with van der Waals surface area (Å²) in [6, 6.07) is 1.78. The van der Waals surface area contributed by atoms with Crippen LogP contribution in [0.3, 0.4) is 0 Å². The lowest BCUT2D eigenvalue weighted by molar-refractivity contribution is -0.139. The first-order valence-corrected chi connectivity index (χ1v) is 11.6. The summed E-state index contributed by atoms with van der Waals surface area (Å²) >= 11 is 6.51. The number of halogens is 1. The van der Waals surface area contributed by atoms with Gasteiger partial charge in [0.15, 0.2) is 0 Å². The smallest absolute Gasteiger partial charge is 0.412 e. The second-order valence-electron chi connectivity index (χ2n) is 9.09. The van der Waals surface area contributed by atoms with Gasteiger partial charge in [0.2, 0.25) is 5.91 Å². The number of aromatic nitrogens is 1. The third-order valence-electron chi connectivity index (χ3n) is 7.13. The average Bonchev–Trinajstić information content (AvgIpc) is 3.07. The highest BCUT2D eigenvalue weighted by atomic mass is 35.5. The van der Waals surface area contributed by atoms with Gasteiger partial charge in [-0.15, -0.1) is 6.42 Å². The number of carbonyl (C=O) groups is 2. The van der Waals surface area contributed by atoms with Gasteiger partial charge in [-0.25, -0.2) is 9.78 Å². The van der Waals surface area contributed by atoms with Gasteiger partial charge in [0.05, 0.1) is 35.0 Å². The van der Waals surface area contributed by atoms with E-state index >= 15 is 0 Å². The monoisotopic (exact) mass is 460 g/mol. The molecule has 0 aromatic carbocycles. The summed E-state index contributed by atoms with van der Waals surface area (Å²) in [7, 11) is 0. The molecule has 32 heavy (non-hydrogen) atoms. The number of hydrogen-bond donors (Lipinski definition) is 2. The maximum atomic E-state index is 13.5. The molecule has 172 valence electrons. The van der Waals surface area contributed by atoms with Crippen LogP contribution in [0.1, 0.15) is 44.9 Å². The van der Waals surface area contributed by atoms with E-state index < -0.39 is 11.5 Å². The van der Waals surface area contributed by atoms with Crippen LogP contribution in [0.15, 0.2) is 12.3 Å². The third-order valence-corrected chi connectivity index (χ3v) is 7.41. The van der Waals surface area contributed by atoms with Crippen LogP contribution in [-0.4, -0.2) is 70.4 Å². The lowest BCUT2D eigenvalue weighted by atomic mass is 9.78. The lowest BCUT2D eigenvalue weighted by Crippen LogP contribution is -2.50. The van der Waals surface area contributed by atoms with Gasteiger partial charge in [0.25, 0.3) is 0 Å². The molecule has 1 spiro atoms. The van der Waals surface area contributed by atoms with Crippen molar-refractivity contribution in [3.63, 3.8) is 0 Å². The zero-order valence-corrected chi connectivity index (χ0v) is 18.8. The Morgan fingerprint density at radius 1 is 1.31 bits per heavy atom. The van der Waals surface area contributed by atoms with Crippen LogP contribution in [0.25, 0.3) is 0 Å². The van der Waals surface area contributed by atoms with Gasteiger partial charge >= 0.3 is 6.09 Å². The summed E-state index contributed by atoms with van der Waals surface area (Å²) in [6.07, 6.45) is 11.1. The lowest BCUT2D eigenvalue weighted by Gasteiger charge is -2.41. The van der Waals surface area contributed by atoms with Crippen molar-refractivity contribution in [2.45, 2.75) is 57.1 Å². The summed E-state index contributed by atoms with van der Waals surface area (Å²) in [5, 5.41) is 19.5. The molecule has 3 fully saturated rings. The number of rotatable bonds is 4. The van der Waals surface area contributed by atoms with E-state index in [-0.39, 0.29) is 24.6 Å². The molecule has 2 amide bonds. The molecule has 0 radical (unpaired) electrons. The first-order chi connectivity index (χ1) is 15.3. The van der Waals surface area contributed by atoms with Crippen molar-refractivity contribution < 1.29 is 19.8 Å². The second kappa shape index (κ2) is 9.16. The van der Waals surface area contributed by atoms with Gasteiger partial charge in [-0.1, -0.05) is 17.5 Å². The number of terminal acetylenes is 1. The molecule has 1 aliphatic carbocycles. The molecule has 1 aromatic rings. The number of aliphatic hydroxyl groups excluding tert-OH is 1. The number of carbonyl (C=O) groups excluding carboxylic acids is 1. The molecule has 1 atom stereocenters. The number of likely N-dealkylation sites (tertiary alicyclic amines) is 1. The fourth-order valence-corrected chi connectivity index (χ4v) is 5.70. The Morgan fingerprint density at radius 2 is 2.06 bits per heavy atom. The summed E-state index contributed by atoms with van der Waals surface area (Å²) in [4.78, 5) is 34.5. The molecule has 2 aliphatic heterocycles. The van der Waals surface area contributed by atoms with Gasteiger partial charge < -0.3 is 20.0 Å². The van der Waals surface area contributed by atoms with Gasteiger partial charge in [0, 0.05) is 25.7 Å². The first kappa shape index (κ1) is 22.7. The minimum Gasteiger partial charge on any atom is -0.465 e. The highest BCUT2D eigenvalue weighted by Crippen LogP contribution is 2.44. The van der Waals surface area contributed by atoms with E-state index in [1.54, 1.807) is 6.07 Å². The molecule has 8 nitrogen and oxygen atoms in total. The number of aliphatic hydroxyl groups is 1. The van der Waals surface area contributed by atoms with Crippen LogP contribution in [0.4, 0.5) is 16.3 Å². The Hall–Kier alpha value is -2.50.